The van der Waals surface area contributed by atoms with Crippen LogP contribution in [0, 0.1) is 6.92 Å². The van der Waals surface area contributed by atoms with Gasteiger partial charge in [0.2, 0.25) is 0 Å². The van der Waals surface area contributed by atoms with Gasteiger partial charge in [-0.1, -0.05) is 24.3 Å². The van der Waals surface area contributed by atoms with E-state index in [-0.39, 0.29) is 6.10 Å². The Hall–Kier alpha value is -2.27. The first kappa shape index (κ1) is 12.7. The maximum absolute atomic E-state index is 5.31. The fourth-order valence-corrected chi connectivity index (χ4v) is 2.13. The van der Waals surface area contributed by atoms with Crippen LogP contribution in [0.1, 0.15) is 24.4 Å². The minimum absolute atomic E-state index is 0.102. The molecule has 0 saturated heterocycles. The number of aryl methyl sites for hydroxylation is 1. The number of methoxy groups -OCH3 is 1. The number of ether oxygens (including phenoxy) is 1. The number of hydrogen-bond donors (Lipinski definition) is 0. The number of hydrogen-bond acceptors (Lipinski definition) is 4. The van der Waals surface area contributed by atoms with Crippen molar-refractivity contribution in [2.75, 3.05) is 7.11 Å². The van der Waals surface area contributed by atoms with Gasteiger partial charge in [0.1, 0.15) is 5.82 Å². The van der Waals surface area contributed by atoms with Crippen molar-refractivity contribution >= 4 is 5.78 Å². The molecule has 0 amide bonds. The summed E-state index contributed by atoms with van der Waals surface area (Å²) in [6.45, 7) is 3.94. The van der Waals surface area contributed by atoms with E-state index in [1.165, 1.54) is 0 Å². The maximum Gasteiger partial charge on any atom is 0.254 e. The molecule has 0 aliphatic heterocycles. The van der Waals surface area contributed by atoms with E-state index in [9.17, 15) is 0 Å². The van der Waals surface area contributed by atoms with Gasteiger partial charge in [-0.25, -0.2) is 4.98 Å². The first-order valence-electron chi connectivity index (χ1n) is 6.49. The molecule has 0 N–H and O–H groups in total. The van der Waals surface area contributed by atoms with Gasteiger partial charge in [0, 0.05) is 25.1 Å². The summed E-state index contributed by atoms with van der Waals surface area (Å²) in [7, 11) is 1.71. The highest BCUT2D eigenvalue weighted by molar-refractivity contribution is 5.63. The summed E-state index contributed by atoms with van der Waals surface area (Å²) in [4.78, 5) is 4.32. The SMILES string of the molecule is CO[C@@H](C)c1ccc(-c2cnc3nnc(C)n3c2)cc1. The molecule has 0 spiro atoms. The van der Waals surface area contributed by atoms with Crippen LogP contribution in [0.4, 0.5) is 0 Å². The minimum Gasteiger partial charge on any atom is -0.377 e. The van der Waals surface area contributed by atoms with E-state index < -0.39 is 0 Å². The van der Waals surface area contributed by atoms with Crippen molar-refractivity contribution in [3.8, 4) is 11.1 Å². The molecule has 3 aromatic rings. The van der Waals surface area contributed by atoms with Crippen molar-refractivity contribution in [1.29, 1.82) is 0 Å². The van der Waals surface area contributed by atoms with Gasteiger partial charge in [-0.15, -0.1) is 10.2 Å². The summed E-state index contributed by atoms with van der Waals surface area (Å²) >= 11 is 0. The number of aromatic nitrogens is 4. The van der Waals surface area contributed by atoms with Gasteiger partial charge in [-0.3, -0.25) is 4.40 Å². The molecule has 1 atom stereocenters. The van der Waals surface area contributed by atoms with E-state index in [1.807, 2.05) is 30.6 Å². The summed E-state index contributed by atoms with van der Waals surface area (Å²) in [6.07, 6.45) is 3.93. The van der Waals surface area contributed by atoms with Crippen LogP contribution in [0.3, 0.4) is 0 Å². The first-order valence-corrected chi connectivity index (χ1v) is 6.49. The van der Waals surface area contributed by atoms with E-state index in [4.69, 9.17) is 4.74 Å². The predicted molar refractivity (Wildman–Crippen MR) is 76.4 cm³/mol. The fraction of sp³-hybridized carbons (Fsp3) is 0.267. The lowest BCUT2D eigenvalue weighted by atomic mass is 10.0. The molecule has 0 saturated carbocycles. The van der Waals surface area contributed by atoms with E-state index in [0.717, 1.165) is 22.5 Å². The molecule has 0 unspecified atom stereocenters. The van der Waals surface area contributed by atoms with Crippen LogP contribution in [0.15, 0.2) is 36.7 Å². The minimum atomic E-state index is 0.102. The number of nitrogens with zero attached hydrogens (tertiary/aromatic N) is 4. The van der Waals surface area contributed by atoms with Crippen molar-refractivity contribution in [3.63, 3.8) is 0 Å². The van der Waals surface area contributed by atoms with E-state index in [1.54, 1.807) is 7.11 Å². The van der Waals surface area contributed by atoms with Crippen molar-refractivity contribution in [1.82, 2.24) is 19.6 Å². The monoisotopic (exact) mass is 268 g/mol. The van der Waals surface area contributed by atoms with E-state index in [0.29, 0.717) is 5.78 Å². The van der Waals surface area contributed by atoms with Crippen LogP contribution >= 0.6 is 0 Å². The average molecular weight is 268 g/mol. The summed E-state index contributed by atoms with van der Waals surface area (Å²) in [5.74, 6) is 1.45. The second-order valence-electron chi connectivity index (χ2n) is 4.76. The molecule has 2 aromatic heterocycles. The van der Waals surface area contributed by atoms with Crippen LogP contribution < -0.4 is 0 Å². The second kappa shape index (κ2) is 5.02. The smallest absolute Gasteiger partial charge is 0.254 e. The molecule has 0 bridgehead atoms. The Labute approximate surface area is 117 Å². The van der Waals surface area contributed by atoms with Gasteiger partial charge in [0.05, 0.1) is 6.10 Å². The summed E-state index contributed by atoms with van der Waals surface area (Å²) < 4.78 is 7.20. The van der Waals surface area contributed by atoms with Crippen molar-refractivity contribution in [2.24, 2.45) is 0 Å². The molecule has 0 aliphatic rings. The summed E-state index contributed by atoms with van der Waals surface area (Å²) in [5, 5.41) is 8.00. The quantitative estimate of drug-likeness (QED) is 0.733. The predicted octanol–water partition coefficient (Wildman–Crippen LogP) is 2.81. The molecule has 102 valence electrons. The third-order valence-corrected chi connectivity index (χ3v) is 3.50. The topological polar surface area (TPSA) is 52.3 Å². The lowest BCUT2D eigenvalue weighted by molar-refractivity contribution is 0.119. The van der Waals surface area contributed by atoms with E-state index >= 15 is 0 Å². The van der Waals surface area contributed by atoms with Gasteiger partial charge < -0.3 is 4.74 Å². The van der Waals surface area contributed by atoms with Crippen molar-refractivity contribution in [3.05, 3.63) is 48.0 Å². The normalized spacial score (nSPS) is 12.8. The summed E-state index contributed by atoms with van der Waals surface area (Å²) in [6, 6.07) is 8.31. The van der Waals surface area contributed by atoms with Crippen molar-refractivity contribution in [2.45, 2.75) is 20.0 Å². The lowest BCUT2D eigenvalue weighted by Gasteiger charge is -2.10. The van der Waals surface area contributed by atoms with Gasteiger partial charge in [0.25, 0.3) is 5.78 Å². The maximum atomic E-state index is 5.31. The van der Waals surface area contributed by atoms with Gasteiger partial charge in [-0.05, 0) is 25.0 Å². The Bertz CT molecular complexity index is 733. The largest absolute Gasteiger partial charge is 0.377 e. The standard InChI is InChI=1S/C15H16N4O/c1-10(20-3)12-4-6-13(7-5-12)14-8-16-15-18-17-11(2)19(15)9-14/h4-10H,1-3H3/t10-/m0/s1. The van der Waals surface area contributed by atoms with E-state index in [2.05, 4.69) is 39.4 Å². The van der Waals surface area contributed by atoms with Gasteiger partial charge in [0.15, 0.2) is 0 Å². The van der Waals surface area contributed by atoms with Gasteiger partial charge in [-0.2, -0.15) is 0 Å². The number of benzene rings is 1. The molecule has 3 rings (SSSR count). The molecule has 0 fully saturated rings. The highest BCUT2D eigenvalue weighted by Crippen LogP contribution is 2.22. The van der Waals surface area contributed by atoms with Gasteiger partial charge >= 0.3 is 0 Å². The molecule has 5 heteroatoms. The molecule has 5 nitrogen and oxygen atoms in total. The van der Waals surface area contributed by atoms with Crippen LogP contribution in [0.25, 0.3) is 16.9 Å². The first-order chi connectivity index (χ1) is 9.69. The molecular weight excluding hydrogens is 252 g/mol. The number of fused-ring (bicyclic) bond motifs is 1. The summed E-state index contributed by atoms with van der Waals surface area (Å²) in [5.41, 5.74) is 3.31. The fourth-order valence-electron chi connectivity index (χ4n) is 2.13. The highest BCUT2D eigenvalue weighted by atomic mass is 16.5. The van der Waals surface area contributed by atoms with Crippen LogP contribution in [-0.4, -0.2) is 26.7 Å². The van der Waals surface area contributed by atoms with Crippen LogP contribution in [0.5, 0.6) is 0 Å². The Balaban J connectivity index is 1.99. The Morgan fingerprint density at radius 3 is 2.55 bits per heavy atom. The molecule has 1 aromatic carbocycles. The van der Waals surface area contributed by atoms with Crippen LogP contribution in [-0.2, 0) is 4.74 Å². The zero-order chi connectivity index (χ0) is 14.1. The third kappa shape index (κ3) is 2.16. The lowest BCUT2D eigenvalue weighted by Crippen LogP contribution is -1.96. The molecular formula is C15H16N4O. The zero-order valence-electron chi connectivity index (χ0n) is 11.7. The highest BCUT2D eigenvalue weighted by Gasteiger charge is 2.07. The molecule has 0 radical (unpaired) electrons. The van der Waals surface area contributed by atoms with Crippen molar-refractivity contribution < 1.29 is 4.74 Å². The van der Waals surface area contributed by atoms with Crippen LogP contribution in [0.2, 0.25) is 0 Å². The molecule has 20 heavy (non-hydrogen) atoms. The Kier molecular flexibility index (Phi) is 3.20. The Morgan fingerprint density at radius 1 is 1.10 bits per heavy atom. The third-order valence-electron chi connectivity index (χ3n) is 3.50. The average Bonchev–Trinajstić information content (AvgIpc) is 2.87. The number of rotatable bonds is 3. The molecule has 2 heterocycles. The second-order valence-corrected chi connectivity index (χ2v) is 4.76. The Morgan fingerprint density at radius 2 is 1.85 bits per heavy atom. The zero-order valence-corrected chi connectivity index (χ0v) is 11.7. The molecule has 0 aliphatic carbocycles.